The number of hydrogen-bond acceptors (Lipinski definition) is 1. The molecule has 1 rings (SSSR count). The van der Waals surface area contributed by atoms with Crippen LogP contribution in [0.5, 0.6) is 0 Å². The van der Waals surface area contributed by atoms with E-state index in [0.717, 1.165) is 15.7 Å². The first kappa shape index (κ1) is 14.9. The summed E-state index contributed by atoms with van der Waals surface area (Å²) in [6.45, 7) is 7.53. The van der Waals surface area contributed by atoms with Crippen LogP contribution in [0.1, 0.15) is 33.3 Å². The predicted octanol–water partition coefficient (Wildman–Crippen LogP) is 4.37. The van der Waals surface area contributed by atoms with E-state index in [9.17, 15) is 4.21 Å². The molecule has 2 nitrogen and oxygen atoms in total. The standard InChI is InChI=1S/C12H15BrClNOS/c1-8(15-17(16)12(2,3)4)9-5-6-10(13)11(14)7-9/h5-7H,1-4H3/b15-8+/t17-/m0/s1. The van der Waals surface area contributed by atoms with Crippen molar-refractivity contribution in [3.05, 3.63) is 33.3 Å². The fraction of sp³-hybridized carbons (Fsp3) is 0.417. The summed E-state index contributed by atoms with van der Waals surface area (Å²) in [5.74, 6) is 0. The highest BCUT2D eigenvalue weighted by Crippen LogP contribution is 2.24. The van der Waals surface area contributed by atoms with Gasteiger partial charge in [-0.1, -0.05) is 17.7 Å². The quantitative estimate of drug-likeness (QED) is 0.737. The average molecular weight is 337 g/mol. The van der Waals surface area contributed by atoms with Crippen molar-refractivity contribution in [3.63, 3.8) is 0 Å². The van der Waals surface area contributed by atoms with Crippen molar-refractivity contribution in [3.8, 4) is 0 Å². The summed E-state index contributed by atoms with van der Waals surface area (Å²) < 4.78 is 16.6. The normalized spacial score (nSPS) is 14.8. The minimum atomic E-state index is -1.25. The molecule has 0 saturated carbocycles. The van der Waals surface area contributed by atoms with Gasteiger partial charge in [0.25, 0.3) is 0 Å². The van der Waals surface area contributed by atoms with E-state index < -0.39 is 11.0 Å². The Morgan fingerprint density at radius 2 is 2.00 bits per heavy atom. The van der Waals surface area contributed by atoms with Gasteiger partial charge in [0.2, 0.25) is 0 Å². The Kier molecular flexibility index (Phi) is 4.93. The van der Waals surface area contributed by atoms with Gasteiger partial charge in [0.1, 0.15) is 11.0 Å². The fourth-order valence-corrected chi connectivity index (χ4v) is 2.09. The molecule has 0 radical (unpaired) electrons. The largest absolute Gasteiger partial charge is 0.234 e. The Morgan fingerprint density at radius 3 is 2.47 bits per heavy atom. The van der Waals surface area contributed by atoms with Crippen molar-refractivity contribution in [2.24, 2.45) is 4.40 Å². The summed E-state index contributed by atoms with van der Waals surface area (Å²) in [5, 5.41) is 0.624. The summed E-state index contributed by atoms with van der Waals surface area (Å²) in [6.07, 6.45) is 0. The van der Waals surface area contributed by atoms with Gasteiger partial charge in [0.05, 0.1) is 15.5 Å². The van der Waals surface area contributed by atoms with Crippen LogP contribution in [0.15, 0.2) is 27.1 Å². The van der Waals surface area contributed by atoms with Crippen molar-refractivity contribution in [2.75, 3.05) is 0 Å². The highest BCUT2D eigenvalue weighted by atomic mass is 79.9. The summed E-state index contributed by atoms with van der Waals surface area (Å²) >= 11 is 9.34. The molecule has 5 heteroatoms. The van der Waals surface area contributed by atoms with Gasteiger partial charge in [-0.2, -0.15) is 4.40 Å². The minimum absolute atomic E-state index is 0.347. The maximum atomic E-state index is 11.9. The van der Waals surface area contributed by atoms with E-state index in [2.05, 4.69) is 20.3 Å². The SMILES string of the molecule is C/C(=N\[S@@](=O)C(C)(C)C)c1ccc(Br)c(Cl)c1. The molecule has 0 aliphatic heterocycles. The zero-order valence-corrected chi connectivity index (χ0v) is 13.4. The Balaban J connectivity index is 3.04. The zero-order chi connectivity index (χ0) is 13.2. The lowest BCUT2D eigenvalue weighted by molar-refractivity contribution is 0.650. The van der Waals surface area contributed by atoms with E-state index in [4.69, 9.17) is 11.6 Å². The van der Waals surface area contributed by atoms with Gasteiger partial charge in [-0.25, -0.2) is 4.21 Å². The molecule has 1 atom stereocenters. The minimum Gasteiger partial charge on any atom is -0.234 e. The Labute approximate surface area is 118 Å². The van der Waals surface area contributed by atoms with Gasteiger partial charge in [-0.3, -0.25) is 0 Å². The molecule has 0 amide bonds. The number of nitrogens with zero attached hydrogens (tertiary/aromatic N) is 1. The molecule has 0 N–H and O–H groups in total. The summed E-state index contributed by atoms with van der Waals surface area (Å²) in [7, 11) is -1.25. The molecule has 0 aliphatic rings. The Hall–Kier alpha value is -0.190. The second-order valence-electron chi connectivity index (χ2n) is 4.67. The molecule has 0 bridgehead atoms. The van der Waals surface area contributed by atoms with E-state index in [1.54, 1.807) is 0 Å². The van der Waals surface area contributed by atoms with Gasteiger partial charge >= 0.3 is 0 Å². The average Bonchev–Trinajstić information content (AvgIpc) is 2.20. The third kappa shape index (κ3) is 4.19. The molecule has 0 saturated heterocycles. The van der Waals surface area contributed by atoms with E-state index in [-0.39, 0.29) is 4.75 Å². The Morgan fingerprint density at radius 1 is 1.41 bits per heavy atom. The smallest absolute Gasteiger partial charge is 0.145 e. The summed E-state index contributed by atoms with van der Waals surface area (Å²) in [4.78, 5) is 0. The number of rotatable bonds is 2. The Bertz CT molecular complexity index is 480. The van der Waals surface area contributed by atoms with Crippen LogP contribution in [0.2, 0.25) is 5.02 Å². The van der Waals surface area contributed by atoms with Crippen molar-refractivity contribution < 1.29 is 4.21 Å². The van der Waals surface area contributed by atoms with Gasteiger partial charge < -0.3 is 0 Å². The zero-order valence-electron chi connectivity index (χ0n) is 10.3. The van der Waals surface area contributed by atoms with Crippen LogP contribution in [-0.4, -0.2) is 14.7 Å². The second-order valence-corrected chi connectivity index (χ2v) is 7.83. The van der Waals surface area contributed by atoms with Crippen LogP contribution in [0.25, 0.3) is 0 Å². The van der Waals surface area contributed by atoms with Gasteiger partial charge in [-0.05, 0) is 61.3 Å². The number of hydrogen-bond donors (Lipinski definition) is 0. The maximum Gasteiger partial charge on any atom is 0.145 e. The van der Waals surface area contributed by atoms with E-state index in [0.29, 0.717) is 5.02 Å². The van der Waals surface area contributed by atoms with Crippen LogP contribution in [-0.2, 0) is 11.0 Å². The molecular formula is C12H15BrClNOS. The van der Waals surface area contributed by atoms with Crippen molar-refractivity contribution >= 4 is 44.2 Å². The third-order valence-electron chi connectivity index (χ3n) is 2.08. The molecule has 0 fully saturated rings. The van der Waals surface area contributed by atoms with Gasteiger partial charge in [-0.15, -0.1) is 0 Å². The molecule has 0 spiro atoms. The van der Waals surface area contributed by atoms with Crippen LogP contribution in [0.3, 0.4) is 0 Å². The monoisotopic (exact) mass is 335 g/mol. The molecule has 1 aromatic rings. The first-order valence-electron chi connectivity index (χ1n) is 5.14. The molecule has 0 heterocycles. The molecule has 1 aromatic carbocycles. The fourth-order valence-electron chi connectivity index (χ4n) is 1.04. The molecule has 17 heavy (non-hydrogen) atoms. The topological polar surface area (TPSA) is 29.4 Å². The van der Waals surface area contributed by atoms with Gasteiger partial charge in [0, 0.05) is 4.47 Å². The molecule has 0 aromatic heterocycles. The highest BCUT2D eigenvalue weighted by molar-refractivity contribution is 9.10. The molecule has 94 valence electrons. The van der Waals surface area contributed by atoms with Crippen LogP contribution >= 0.6 is 27.5 Å². The molecule has 0 aliphatic carbocycles. The lowest BCUT2D eigenvalue weighted by Crippen LogP contribution is -2.20. The predicted molar refractivity (Wildman–Crippen MR) is 79.3 cm³/mol. The molecule has 0 unspecified atom stereocenters. The van der Waals surface area contributed by atoms with Gasteiger partial charge in [0.15, 0.2) is 0 Å². The lowest BCUT2D eigenvalue weighted by atomic mass is 10.1. The third-order valence-corrected chi connectivity index (χ3v) is 4.80. The van der Waals surface area contributed by atoms with Crippen molar-refractivity contribution in [1.82, 2.24) is 0 Å². The van der Waals surface area contributed by atoms with E-state index >= 15 is 0 Å². The first-order valence-corrected chi connectivity index (χ1v) is 7.42. The molecular weight excluding hydrogens is 322 g/mol. The maximum absolute atomic E-state index is 11.9. The van der Waals surface area contributed by atoms with Crippen molar-refractivity contribution in [2.45, 2.75) is 32.4 Å². The highest BCUT2D eigenvalue weighted by Gasteiger charge is 2.19. The van der Waals surface area contributed by atoms with Crippen LogP contribution in [0, 0.1) is 0 Å². The number of halogens is 2. The van der Waals surface area contributed by atoms with Crippen molar-refractivity contribution in [1.29, 1.82) is 0 Å². The van der Waals surface area contributed by atoms with Crippen LogP contribution < -0.4 is 0 Å². The van der Waals surface area contributed by atoms with E-state index in [1.807, 2.05) is 45.9 Å². The summed E-state index contributed by atoms with van der Waals surface area (Å²) in [5.41, 5.74) is 1.61. The van der Waals surface area contributed by atoms with Crippen LogP contribution in [0.4, 0.5) is 0 Å². The lowest BCUT2D eigenvalue weighted by Gasteiger charge is -2.14. The first-order chi connectivity index (χ1) is 7.71. The van der Waals surface area contributed by atoms with E-state index in [1.165, 1.54) is 0 Å². The summed E-state index contributed by atoms with van der Waals surface area (Å²) in [6, 6.07) is 5.57. The second kappa shape index (κ2) is 5.63. The number of benzene rings is 1.